The molecule has 26 heavy (non-hydrogen) atoms. The molecule has 9 heteroatoms. The molecule has 0 saturated carbocycles. The maximum atomic E-state index is 13.7. The van der Waals surface area contributed by atoms with Crippen molar-refractivity contribution in [3.8, 4) is 0 Å². The number of hydrogen-bond acceptors (Lipinski definition) is 5. The Bertz CT molecular complexity index is 979. The van der Waals surface area contributed by atoms with Crippen LogP contribution in [0.4, 0.5) is 4.39 Å². The third kappa shape index (κ3) is 2.88. The fourth-order valence-electron chi connectivity index (χ4n) is 2.91. The van der Waals surface area contributed by atoms with E-state index in [1.807, 2.05) is 0 Å². The molecule has 0 radical (unpaired) electrons. The lowest BCUT2D eigenvalue weighted by Crippen LogP contribution is -2.41. The minimum absolute atomic E-state index is 0.0781. The molecular formula is C17H16FN3O4S. The molecule has 0 N–H and O–H groups in total. The Morgan fingerprint density at radius 3 is 2.19 bits per heavy atom. The van der Waals surface area contributed by atoms with E-state index in [1.165, 1.54) is 18.8 Å². The number of carbonyl (C=O) groups excluding carboxylic acids is 2. The molecule has 0 spiro atoms. The average molecular weight is 377 g/mol. The molecule has 2 heterocycles. The molecule has 1 aromatic heterocycles. The summed E-state index contributed by atoms with van der Waals surface area (Å²) in [5, 5.41) is -0.534. The Hall–Kier alpha value is -2.68. The van der Waals surface area contributed by atoms with Gasteiger partial charge in [0, 0.05) is 13.6 Å². The molecule has 1 aromatic carbocycles. The SMILES string of the molecule is CSC(CCN1C(=O)c2ccccc2C1=O)n1cc(F)c(=O)n(C)c1=O. The van der Waals surface area contributed by atoms with E-state index in [0.717, 1.165) is 15.7 Å². The number of benzene rings is 1. The van der Waals surface area contributed by atoms with Gasteiger partial charge in [0.2, 0.25) is 5.82 Å². The van der Waals surface area contributed by atoms with E-state index in [1.54, 1.807) is 30.5 Å². The van der Waals surface area contributed by atoms with Crippen LogP contribution in [0.1, 0.15) is 32.5 Å². The van der Waals surface area contributed by atoms with E-state index in [2.05, 4.69) is 0 Å². The van der Waals surface area contributed by atoms with Gasteiger partial charge in [0.25, 0.3) is 17.4 Å². The van der Waals surface area contributed by atoms with E-state index in [4.69, 9.17) is 0 Å². The molecule has 7 nitrogen and oxygen atoms in total. The lowest BCUT2D eigenvalue weighted by atomic mass is 10.1. The number of thioether (sulfide) groups is 1. The van der Waals surface area contributed by atoms with Gasteiger partial charge in [-0.15, -0.1) is 11.8 Å². The van der Waals surface area contributed by atoms with Crippen LogP contribution in [0.3, 0.4) is 0 Å². The van der Waals surface area contributed by atoms with Crippen molar-refractivity contribution in [3.63, 3.8) is 0 Å². The Morgan fingerprint density at radius 1 is 1.08 bits per heavy atom. The predicted molar refractivity (Wildman–Crippen MR) is 94.9 cm³/mol. The molecule has 1 atom stereocenters. The minimum atomic E-state index is -1.04. The molecule has 1 aliphatic rings. The normalized spacial score (nSPS) is 14.7. The molecule has 2 amide bonds. The third-order valence-electron chi connectivity index (χ3n) is 4.33. The van der Waals surface area contributed by atoms with E-state index >= 15 is 0 Å². The number of carbonyl (C=O) groups is 2. The van der Waals surface area contributed by atoms with Crippen LogP contribution < -0.4 is 11.2 Å². The molecule has 1 unspecified atom stereocenters. The van der Waals surface area contributed by atoms with Crippen molar-refractivity contribution >= 4 is 23.6 Å². The summed E-state index contributed by atoms with van der Waals surface area (Å²) >= 11 is 1.26. The first-order valence-corrected chi connectivity index (χ1v) is 9.11. The first-order valence-electron chi connectivity index (χ1n) is 7.82. The van der Waals surface area contributed by atoms with Crippen LogP contribution in [0.2, 0.25) is 0 Å². The van der Waals surface area contributed by atoms with Gasteiger partial charge >= 0.3 is 5.69 Å². The summed E-state index contributed by atoms with van der Waals surface area (Å²) in [6.45, 7) is 0.0781. The Balaban J connectivity index is 1.84. The average Bonchev–Trinajstić information content (AvgIpc) is 2.89. The molecule has 1 aliphatic heterocycles. The van der Waals surface area contributed by atoms with Crippen molar-refractivity contribution in [1.82, 2.24) is 14.0 Å². The van der Waals surface area contributed by atoms with Crippen LogP contribution in [0, 0.1) is 5.82 Å². The molecule has 0 saturated heterocycles. The van der Waals surface area contributed by atoms with Gasteiger partial charge < -0.3 is 0 Å². The van der Waals surface area contributed by atoms with E-state index in [9.17, 15) is 23.6 Å². The summed E-state index contributed by atoms with van der Waals surface area (Å²) in [6.07, 6.45) is 2.83. The largest absolute Gasteiger partial charge is 0.331 e. The fourth-order valence-corrected chi connectivity index (χ4v) is 3.63. The minimum Gasteiger partial charge on any atom is -0.285 e. The molecule has 3 rings (SSSR count). The predicted octanol–water partition coefficient (Wildman–Crippen LogP) is 1.23. The van der Waals surface area contributed by atoms with Gasteiger partial charge in [-0.2, -0.15) is 4.39 Å². The number of hydrogen-bond donors (Lipinski definition) is 0. The maximum absolute atomic E-state index is 13.7. The van der Waals surface area contributed by atoms with Gasteiger partial charge in [-0.1, -0.05) is 12.1 Å². The second-order valence-corrected chi connectivity index (χ2v) is 6.83. The summed E-state index contributed by atoms with van der Waals surface area (Å²) in [4.78, 5) is 49.6. The Labute approximate surface area is 152 Å². The third-order valence-corrected chi connectivity index (χ3v) is 5.34. The van der Waals surface area contributed by atoms with E-state index in [0.29, 0.717) is 15.7 Å². The number of amides is 2. The summed E-state index contributed by atoms with van der Waals surface area (Å²) < 4.78 is 15.5. The summed E-state index contributed by atoms with van der Waals surface area (Å²) in [6, 6.07) is 6.55. The molecule has 0 bridgehead atoms. The topological polar surface area (TPSA) is 81.4 Å². The number of halogens is 1. The van der Waals surface area contributed by atoms with Gasteiger partial charge in [0.1, 0.15) is 0 Å². The number of imide groups is 1. The van der Waals surface area contributed by atoms with Gasteiger partial charge in [-0.05, 0) is 24.8 Å². The number of fused-ring (bicyclic) bond motifs is 1. The van der Waals surface area contributed by atoms with Crippen LogP contribution in [0.25, 0.3) is 0 Å². The smallest absolute Gasteiger partial charge is 0.285 e. The maximum Gasteiger partial charge on any atom is 0.331 e. The molecule has 0 aliphatic carbocycles. The Kier molecular flexibility index (Phi) is 4.82. The van der Waals surface area contributed by atoms with Gasteiger partial charge in [0.05, 0.1) is 22.7 Å². The van der Waals surface area contributed by atoms with Crippen molar-refractivity contribution in [1.29, 1.82) is 0 Å². The highest BCUT2D eigenvalue weighted by Crippen LogP contribution is 2.27. The zero-order valence-corrected chi connectivity index (χ0v) is 15.0. The van der Waals surface area contributed by atoms with Crippen LogP contribution >= 0.6 is 11.8 Å². The first-order chi connectivity index (χ1) is 12.4. The van der Waals surface area contributed by atoms with Crippen LogP contribution in [0.15, 0.2) is 40.1 Å². The fraction of sp³-hybridized carbons (Fsp3) is 0.294. The lowest BCUT2D eigenvalue weighted by Gasteiger charge is -2.21. The summed E-state index contributed by atoms with van der Waals surface area (Å²) in [7, 11) is 1.20. The van der Waals surface area contributed by atoms with Crippen molar-refractivity contribution in [2.24, 2.45) is 7.05 Å². The standard InChI is InChI=1S/C17H16FN3O4S/c1-19-16(24)12(18)9-21(17(19)25)13(26-2)7-8-20-14(22)10-5-3-4-6-11(10)15(20)23/h3-6,9,13H,7-8H2,1-2H3. The highest BCUT2D eigenvalue weighted by molar-refractivity contribution is 7.98. The molecule has 0 fully saturated rings. The number of nitrogens with zero attached hydrogens (tertiary/aromatic N) is 3. The van der Waals surface area contributed by atoms with E-state index < -0.39 is 22.4 Å². The van der Waals surface area contributed by atoms with E-state index in [-0.39, 0.29) is 24.8 Å². The van der Waals surface area contributed by atoms with Crippen LogP contribution in [-0.2, 0) is 7.05 Å². The number of rotatable bonds is 5. The van der Waals surface area contributed by atoms with Crippen LogP contribution in [0.5, 0.6) is 0 Å². The van der Waals surface area contributed by atoms with Crippen molar-refractivity contribution in [2.45, 2.75) is 11.8 Å². The van der Waals surface area contributed by atoms with Gasteiger partial charge in [-0.3, -0.25) is 28.4 Å². The summed E-state index contributed by atoms with van der Waals surface area (Å²) in [5.41, 5.74) is -0.948. The summed E-state index contributed by atoms with van der Waals surface area (Å²) in [5.74, 6) is -1.80. The highest BCUT2D eigenvalue weighted by Gasteiger charge is 2.35. The monoisotopic (exact) mass is 377 g/mol. The Morgan fingerprint density at radius 2 is 1.65 bits per heavy atom. The highest BCUT2D eigenvalue weighted by atomic mass is 32.2. The van der Waals surface area contributed by atoms with Crippen molar-refractivity contribution < 1.29 is 14.0 Å². The first kappa shape index (κ1) is 18.1. The lowest BCUT2D eigenvalue weighted by molar-refractivity contribution is 0.0650. The molecule has 136 valence electrons. The number of aromatic nitrogens is 2. The second-order valence-electron chi connectivity index (χ2n) is 5.82. The quantitative estimate of drug-likeness (QED) is 0.732. The van der Waals surface area contributed by atoms with Crippen molar-refractivity contribution in [2.75, 3.05) is 12.8 Å². The second kappa shape index (κ2) is 6.91. The zero-order valence-electron chi connectivity index (χ0n) is 14.1. The molecular weight excluding hydrogens is 361 g/mol. The van der Waals surface area contributed by atoms with Crippen molar-refractivity contribution in [3.05, 3.63) is 68.2 Å². The van der Waals surface area contributed by atoms with Gasteiger partial charge in [-0.25, -0.2) is 4.79 Å². The zero-order chi connectivity index (χ0) is 19.0. The molecule has 2 aromatic rings. The van der Waals surface area contributed by atoms with Crippen LogP contribution in [-0.4, -0.2) is 38.6 Å². The van der Waals surface area contributed by atoms with Gasteiger partial charge in [0.15, 0.2) is 0 Å².